The largest absolute Gasteiger partial charge is 0.453 e. The van der Waals surface area contributed by atoms with E-state index in [1.54, 1.807) is 0 Å². The fraction of sp³-hybridized carbons (Fsp3) is 0.444. The lowest BCUT2D eigenvalue weighted by Gasteiger charge is -2.17. The second kappa shape index (κ2) is 10.9. The number of hydrogen-bond donors (Lipinski definition) is 4. The number of fused-ring (bicyclic) bond motifs is 2. The number of ether oxygens (including phenoxy) is 2. The number of nitrogens with one attached hydrogen (secondary N) is 3. The Kier molecular flexibility index (Phi) is 6.15. The van der Waals surface area contributed by atoms with Crippen LogP contribution in [0.1, 0.15) is 37.2 Å². The minimum atomic E-state index is -4.81. The summed E-state index contributed by atoms with van der Waals surface area (Å²) < 4.78 is 85.8. The average Bonchev–Trinajstić information content (AvgIpc) is 3.43. The number of aryl methyl sites for hydroxylation is 1. The van der Waals surface area contributed by atoms with Gasteiger partial charge in [0.2, 0.25) is 5.91 Å². The molecule has 0 aliphatic heterocycles. The number of carbonyl (C=O) groups excluding carboxylic acids is 3. The Balaban J connectivity index is 1.43. The maximum atomic E-state index is 13.8. The van der Waals surface area contributed by atoms with E-state index in [-0.39, 0.29) is 58.8 Å². The number of aromatic nitrogens is 6. The van der Waals surface area contributed by atoms with E-state index >= 15 is 0 Å². The van der Waals surface area contributed by atoms with E-state index in [0.29, 0.717) is 4.57 Å². The van der Waals surface area contributed by atoms with Crippen LogP contribution in [0.2, 0.25) is 0 Å². The SMILES string of the molecule is [2H]C([2H])([2H])n1c(=O)n([C@@H]2CC[C@@]([2H])(NC(=O)OC)C2)c2cc(Nc3ccc4c(NC(=O)OC)nn([C@@]5(C(N)=O)C[C@@H]5C(F)(F)F)c4n3)ncc21. The molecule has 2 aliphatic carbocycles. The lowest BCUT2D eigenvalue weighted by atomic mass is 10.2. The van der Waals surface area contributed by atoms with Crippen molar-refractivity contribution in [1.82, 2.24) is 34.2 Å². The van der Waals surface area contributed by atoms with Gasteiger partial charge in [0, 0.05) is 29.2 Å². The van der Waals surface area contributed by atoms with Gasteiger partial charge in [-0.2, -0.15) is 18.3 Å². The molecule has 19 heteroatoms. The second-order valence-electron chi connectivity index (χ2n) is 10.8. The highest BCUT2D eigenvalue weighted by molar-refractivity contribution is 5.98. The van der Waals surface area contributed by atoms with E-state index in [2.05, 4.69) is 40.5 Å². The molecule has 5 N–H and O–H groups in total. The molecule has 0 bridgehead atoms. The zero-order valence-electron chi connectivity index (χ0n) is 28.1. The molecule has 2 saturated carbocycles. The van der Waals surface area contributed by atoms with Gasteiger partial charge in [-0.05, 0) is 37.8 Å². The van der Waals surface area contributed by atoms with Crippen LogP contribution in [-0.4, -0.2) is 73.4 Å². The predicted molar refractivity (Wildman–Crippen MR) is 155 cm³/mol. The minimum Gasteiger partial charge on any atom is -0.453 e. The molecule has 0 spiro atoms. The van der Waals surface area contributed by atoms with Crippen LogP contribution in [0.15, 0.2) is 29.2 Å². The molecule has 2 aliphatic rings. The van der Waals surface area contributed by atoms with E-state index in [1.807, 2.05) is 0 Å². The molecule has 2 fully saturated rings. The number of nitrogens with two attached hydrogens (primary N) is 1. The van der Waals surface area contributed by atoms with Crippen LogP contribution in [0.3, 0.4) is 0 Å². The maximum Gasteiger partial charge on any atom is 0.412 e. The summed E-state index contributed by atoms with van der Waals surface area (Å²) in [5, 5.41) is 11.7. The first-order valence-electron chi connectivity index (χ1n) is 15.7. The summed E-state index contributed by atoms with van der Waals surface area (Å²) in [5.41, 5.74) is 2.05. The molecule has 6 rings (SSSR count). The van der Waals surface area contributed by atoms with Gasteiger partial charge in [0.25, 0.3) is 0 Å². The Hall–Kier alpha value is -5.36. The first-order chi connectivity index (χ1) is 23.3. The summed E-state index contributed by atoms with van der Waals surface area (Å²) >= 11 is 0. The number of rotatable bonds is 7. The Morgan fingerprint density at radius 3 is 2.57 bits per heavy atom. The molecule has 244 valence electrons. The van der Waals surface area contributed by atoms with Crippen molar-refractivity contribution in [2.45, 2.75) is 49.5 Å². The van der Waals surface area contributed by atoms with Crippen molar-refractivity contribution in [2.75, 3.05) is 24.9 Å². The number of halogens is 3. The predicted octanol–water partition coefficient (Wildman–Crippen LogP) is 2.61. The zero-order valence-corrected chi connectivity index (χ0v) is 24.1. The Morgan fingerprint density at radius 1 is 1.15 bits per heavy atom. The second-order valence-corrected chi connectivity index (χ2v) is 10.8. The van der Waals surface area contributed by atoms with Gasteiger partial charge in [-0.3, -0.25) is 19.2 Å². The summed E-state index contributed by atoms with van der Waals surface area (Å²) in [6.45, 7) is -2.91. The lowest BCUT2D eigenvalue weighted by molar-refractivity contribution is -0.160. The topological polar surface area (TPSA) is 202 Å². The standard InChI is InChI=1S/C27H29F3N10O6/c1-38-16-11-32-19(9-15(16)39(25(38)44)13-5-4-12(8-13)33-23(42)45-2)34-18-7-6-14-20(36-24(43)46-3)37-40(21(14)35-18)26(22(31)41)10-17(26)27(28,29)30/h6-7,9,11-13,17H,4-5,8,10H2,1-3H3,(H2,31,41)(H,33,42)(H,32,34,35)(H,36,37,43)/t12-,13-,17+,26+/m1/s1/i1D3,12D. The molecule has 3 amide bonds. The Bertz CT molecular complexity index is 2120. The van der Waals surface area contributed by atoms with Crippen molar-refractivity contribution in [3.8, 4) is 0 Å². The van der Waals surface area contributed by atoms with Crippen molar-refractivity contribution < 1.29 is 42.5 Å². The van der Waals surface area contributed by atoms with Crippen molar-refractivity contribution in [2.24, 2.45) is 18.6 Å². The highest BCUT2D eigenvalue weighted by Gasteiger charge is 2.73. The number of carbonyl (C=O) groups is 3. The van der Waals surface area contributed by atoms with E-state index in [4.69, 9.17) is 11.2 Å². The molecular formula is C27H29F3N10O6. The number of imidazole rings is 1. The molecule has 4 atom stereocenters. The average molecular weight is 651 g/mol. The van der Waals surface area contributed by atoms with E-state index in [1.165, 1.54) is 22.8 Å². The molecule has 46 heavy (non-hydrogen) atoms. The van der Waals surface area contributed by atoms with Gasteiger partial charge in [-0.1, -0.05) is 0 Å². The highest BCUT2D eigenvalue weighted by Crippen LogP contribution is 2.59. The number of alkyl carbamates (subject to hydrolysis) is 1. The summed E-state index contributed by atoms with van der Waals surface area (Å²) in [7, 11) is 2.20. The van der Waals surface area contributed by atoms with E-state index in [9.17, 15) is 32.3 Å². The van der Waals surface area contributed by atoms with Gasteiger partial charge in [-0.25, -0.2) is 29.0 Å². The van der Waals surface area contributed by atoms with Crippen molar-refractivity contribution >= 4 is 57.6 Å². The van der Waals surface area contributed by atoms with Crippen LogP contribution >= 0.6 is 0 Å². The summed E-state index contributed by atoms with van der Waals surface area (Å²) in [6.07, 6.45) is -5.93. The summed E-state index contributed by atoms with van der Waals surface area (Å²) in [4.78, 5) is 58.5. The molecule has 4 heterocycles. The molecule has 0 aromatic carbocycles. The van der Waals surface area contributed by atoms with Crippen LogP contribution < -0.4 is 27.4 Å². The van der Waals surface area contributed by atoms with Gasteiger partial charge < -0.3 is 25.8 Å². The molecule has 4 aromatic rings. The zero-order chi connectivity index (χ0) is 36.6. The third kappa shape index (κ3) is 5.00. The quantitative estimate of drug-likeness (QED) is 0.230. The van der Waals surface area contributed by atoms with Crippen LogP contribution in [-0.2, 0) is 26.8 Å². The molecule has 16 nitrogen and oxygen atoms in total. The van der Waals surface area contributed by atoms with Gasteiger partial charge in [0.05, 0.1) is 44.1 Å². The van der Waals surface area contributed by atoms with Gasteiger partial charge in [0.1, 0.15) is 11.6 Å². The van der Waals surface area contributed by atoms with Crippen LogP contribution in [0.4, 0.5) is 40.2 Å². The molecule has 4 aromatic heterocycles. The van der Waals surface area contributed by atoms with Crippen molar-refractivity contribution in [3.63, 3.8) is 0 Å². The van der Waals surface area contributed by atoms with Gasteiger partial charge >= 0.3 is 24.1 Å². The highest BCUT2D eigenvalue weighted by atomic mass is 19.4. The van der Waals surface area contributed by atoms with Crippen LogP contribution in [0, 0.1) is 5.92 Å². The first kappa shape index (κ1) is 25.9. The number of anilines is 3. The number of primary amides is 1. The number of alkyl halides is 3. The number of methoxy groups -OCH3 is 2. The molecule has 0 saturated heterocycles. The van der Waals surface area contributed by atoms with Gasteiger partial charge in [-0.15, -0.1) is 0 Å². The summed E-state index contributed by atoms with van der Waals surface area (Å²) in [6, 6.07) is 1.87. The summed E-state index contributed by atoms with van der Waals surface area (Å²) in [5.74, 6) is -3.76. The number of nitrogens with zero attached hydrogens (tertiary/aromatic N) is 6. The fourth-order valence-corrected chi connectivity index (χ4v) is 5.86. The minimum absolute atomic E-state index is 0.0202. The number of pyridine rings is 2. The van der Waals surface area contributed by atoms with Crippen molar-refractivity contribution in [1.29, 1.82) is 0 Å². The third-order valence-corrected chi connectivity index (χ3v) is 8.17. The monoisotopic (exact) mass is 650 g/mol. The molecular weight excluding hydrogens is 617 g/mol. The molecule has 0 radical (unpaired) electrons. The molecule has 0 unspecified atom stereocenters. The van der Waals surface area contributed by atoms with E-state index in [0.717, 1.165) is 25.1 Å². The van der Waals surface area contributed by atoms with Crippen LogP contribution in [0.25, 0.3) is 22.1 Å². The first-order valence-corrected chi connectivity index (χ1v) is 13.7. The Morgan fingerprint density at radius 2 is 1.91 bits per heavy atom. The number of amides is 3. The van der Waals surface area contributed by atoms with E-state index < -0.39 is 66.9 Å². The maximum absolute atomic E-state index is 13.8. The van der Waals surface area contributed by atoms with Gasteiger partial charge in [0.15, 0.2) is 17.0 Å². The lowest BCUT2D eigenvalue weighted by Crippen LogP contribution is -2.39. The third-order valence-electron chi connectivity index (χ3n) is 8.17. The number of hydrogen-bond acceptors (Lipinski definition) is 10. The van der Waals surface area contributed by atoms with Crippen molar-refractivity contribution in [3.05, 3.63) is 34.9 Å². The van der Waals surface area contributed by atoms with Crippen LogP contribution in [0.5, 0.6) is 0 Å². The normalized spacial score (nSPS) is 25.7. The fourth-order valence-electron chi connectivity index (χ4n) is 5.86. The smallest absolute Gasteiger partial charge is 0.412 e. The Labute approximate surface area is 262 Å².